The summed E-state index contributed by atoms with van der Waals surface area (Å²) in [6, 6.07) is 4.24. The quantitative estimate of drug-likeness (QED) is 0.750. The first kappa shape index (κ1) is 15.4. The summed E-state index contributed by atoms with van der Waals surface area (Å²) < 4.78 is 60.6. The van der Waals surface area contributed by atoms with Gasteiger partial charge in [0, 0.05) is 12.6 Å². The molecule has 0 N–H and O–H groups in total. The van der Waals surface area contributed by atoms with Gasteiger partial charge in [-0.25, -0.2) is 8.42 Å². The largest absolute Gasteiger partial charge is 0.332 e. The van der Waals surface area contributed by atoms with E-state index < -0.39 is 25.1 Å². The molecule has 0 aromatic heterocycles. The SMILES string of the molecule is CCCN(C1CC1)S(=O)(=O)c1ccc(S(=O)(=O)F)cc1. The van der Waals surface area contributed by atoms with Crippen LogP contribution in [0.2, 0.25) is 0 Å². The number of benzene rings is 1. The van der Waals surface area contributed by atoms with E-state index >= 15 is 0 Å². The van der Waals surface area contributed by atoms with Crippen LogP contribution in [0, 0.1) is 0 Å². The maximum absolute atomic E-state index is 12.8. The second-order valence-electron chi connectivity index (χ2n) is 4.76. The van der Waals surface area contributed by atoms with Gasteiger partial charge in [-0.1, -0.05) is 6.92 Å². The number of nitrogens with zero attached hydrogens (tertiary/aromatic N) is 1. The molecule has 0 spiro atoms. The Kier molecular flexibility index (Phi) is 4.17. The summed E-state index contributed by atoms with van der Waals surface area (Å²) in [5, 5.41) is 0. The number of rotatable bonds is 6. The van der Waals surface area contributed by atoms with E-state index in [1.807, 2.05) is 6.92 Å². The van der Waals surface area contributed by atoms with E-state index in [4.69, 9.17) is 0 Å². The first-order valence-electron chi connectivity index (χ1n) is 6.33. The van der Waals surface area contributed by atoms with Crippen LogP contribution in [0.15, 0.2) is 34.1 Å². The van der Waals surface area contributed by atoms with E-state index in [0.29, 0.717) is 13.0 Å². The Morgan fingerprint density at radius 2 is 1.60 bits per heavy atom. The zero-order valence-electron chi connectivity index (χ0n) is 11.0. The molecule has 0 bridgehead atoms. The molecule has 0 atom stereocenters. The van der Waals surface area contributed by atoms with Gasteiger partial charge in [0.25, 0.3) is 0 Å². The van der Waals surface area contributed by atoms with Crippen molar-refractivity contribution >= 4 is 20.2 Å². The van der Waals surface area contributed by atoms with Crippen LogP contribution in [-0.4, -0.2) is 33.7 Å². The molecular weight excluding hydrogens is 305 g/mol. The standard InChI is InChI=1S/C12H16FNO4S2/c1-2-9-14(10-3-4-10)20(17,18)12-7-5-11(6-8-12)19(13,15)16/h5-8,10H,2-4,9H2,1H3. The average molecular weight is 321 g/mol. The van der Waals surface area contributed by atoms with E-state index in [2.05, 4.69) is 0 Å². The lowest BCUT2D eigenvalue weighted by atomic mass is 10.4. The van der Waals surface area contributed by atoms with Crippen LogP contribution in [0.1, 0.15) is 26.2 Å². The first-order chi connectivity index (χ1) is 9.26. The van der Waals surface area contributed by atoms with E-state index in [0.717, 1.165) is 37.1 Å². The molecule has 1 aliphatic rings. The highest BCUT2D eigenvalue weighted by Crippen LogP contribution is 2.32. The second kappa shape index (κ2) is 5.42. The molecule has 112 valence electrons. The molecule has 0 unspecified atom stereocenters. The third kappa shape index (κ3) is 3.18. The van der Waals surface area contributed by atoms with Gasteiger partial charge in [0.2, 0.25) is 10.0 Å². The van der Waals surface area contributed by atoms with Crippen molar-refractivity contribution in [3.05, 3.63) is 24.3 Å². The zero-order chi connectivity index (χ0) is 15.0. The molecule has 0 amide bonds. The highest BCUT2D eigenvalue weighted by Gasteiger charge is 2.37. The van der Waals surface area contributed by atoms with Crippen molar-refractivity contribution in [2.75, 3.05) is 6.54 Å². The fraction of sp³-hybridized carbons (Fsp3) is 0.500. The summed E-state index contributed by atoms with van der Waals surface area (Å²) in [6.45, 7) is 2.32. The lowest BCUT2D eigenvalue weighted by molar-refractivity contribution is 0.403. The van der Waals surface area contributed by atoms with Gasteiger partial charge in [-0.15, -0.1) is 3.89 Å². The molecule has 1 saturated carbocycles. The van der Waals surface area contributed by atoms with Crippen LogP contribution >= 0.6 is 0 Å². The summed E-state index contributed by atoms with van der Waals surface area (Å²) in [7, 11) is -8.45. The van der Waals surface area contributed by atoms with Gasteiger partial charge in [-0.3, -0.25) is 0 Å². The van der Waals surface area contributed by atoms with Gasteiger partial charge in [-0.2, -0.15) is 12.7 Å². The zero-order valence-corrected chi connectivity index (χ0v) is 12.6. The summed E-state index contributed by atoms with van der Waals surface area (Å²) in [6.07, 6.45) is 2.39. The molecule has 2 rings (SSSR count). The van der Waals surface area contributed by atoms with Gasteiger partial charge in [-0.05, 0) is 43.5 Å². The highest BCUT2D eigenvalue weighted by molar-refractivity contribution is 7.89. The van der Waals surface area contributed by atoms with Gasteiger partial charge in [0.1, 0.15) is 0 Å². The number of hydrogen-bond donors (Lipinski definition) is 0. The van der Waals surface area contributed by atoms with Gasteiger partial charge < -0.3 is 0 Å². The Labute approximate surface area is 118 Å². The summed E-state index contributed by atoms with van der Waals surface area (Å²) in [5.74, 6) is 0. The van der Waals surface area contributed by atoms with Crippen LogP contribution in [0.3, 0.4) is 0 Å². The third-order valence-corrected chi connectivity index (χ3v) is 5.91. The van der Waals surface area contributed by atoms with Crippen molar-refractivity contribution in [3.8, 4) is 0 Å². The smallest absolute Gasteiger partial charge is 0.207 e. The Balaban J connectivity index is 2.34. The van der Waals surface area contributed by atoms with Crippen LogP contribution in [-0.2, 0) is 20.2 Å². The van der Waals surface area contributed by atoms with Gasteiger partial charge in [0.15, 0.2) is 0 Å². The normalized spacial score (nSPS) is 16.6. The van der Waals surface area contributed by atoms with Crippen LogP contribution in [0.25, 0.3) is 0 Å². The maximum Gasteiger partial charge on any atom is 0.332 e. The van der Waals surface area contributed by atoms with Gasteiger partial charge >= 0.3 is 10.2 Å². The van der Waals surface area contributed by atoms with E-state index in [1.54, 1.807) is 0 Å². The Morgan fingerprint density at radius 1 is 1.10 bits per heavy atom. The van der Waals surface area contributed by atoms with Crippen molar-refractivity contribution in [2.45, 2.75) is 42.0 Å². The van der Waals surface area contributed by atoms with Crippen molar-refractivity contribution < 1.29 is 20.7 Å². The molecule has 0 radical (unpaired) electrons. The molecule has 1 aromatic carbocycles. The van der Waals surface area contributed by atoms with Crippen LogP contribution in [0.5, 0.6) is 0 Å². The monoisotopic (exact) mass is 321 g/mol. The van der Waals surface area contributed by atoms with Crippen molar-refractivity contribution in [2.24, 2.45) is 0 Å². The topological polar surface area (TPSA) is 71.5 Å². The molecule has 1 aliphatic carbocycles. The van der Waals surface area contributed by atoms with E-state index in [1.165, 1.54) is 4.31 Å². The molecule has 5 nitrogen and oxygen atoms in total. The molecule has 8 heteroatoms. The molecule has 1 fully saturated rings. The summed E-state index contributed by atoms with van der Waals surface area (Å²) in [4.78, 5) is -0.546. The Hall–Kier alpha value is -0.990. The molecule has 0 aliphatic heterocycles. The van der Waals surface area contributed by atoms with Crippen molar-refractivity contribution in [1.29, 1.82) is 0 Å². The van der Waals surface area contributed by atoms with Crippen LogP contribution < -0.4 is 0 Å². The number of hydrogen-bond acceptors (Lipinski definition) is 4. The maximum atomic E-state index is 12.8. The molecule has 0 heterocycles. The molecule has 1 aromatic rings. The van der Waals surface area contributed by atoms with Crippen molar-refractivity contribution in [3.63, 3.8) is 0 Å². The minimum absolute atomic E-state index is 0.00903. The van der Waals surface area contributed by atoms with Crippen LogP contribution in [0.4, 0.5) is 3.89 Å². The lowest BCUT2D eigenvalue weighted by Crippen LogP contribution is -2.33. The molecule has 0 saturated heterocycles. The third-order valence-electron chi connectivity index (χ3n) is 3.11. The fourth-order valence-corrected chi connectivity index (χ4v) is 4.23. The van der Waals surface area contributed by atoms with Crippen molar-refractivity contribution in [1.82, 2.24) is 4.31 Å². The summed E-state index contributed by atoms with van der Waals surface area (Å²) >= 11 is 0. The predicted molar refractivity (Wildman–Crippen MR) is 71.9 cm³/mol. The minimum atomic E-state index is -4.81. The number of sulfonamides is 1. The summed E-state index contributed by atoms with van der Waals surface area (Å²) in [5.41, 5.74) is 0. The number of halogens is 1. The van der Waals surface area contributed by atoms with E-state index in [9.17, 15) is 20.7 Å². The Morgan fingerprint density at radius 3 is 2.00 bits per heavy atom. The average Bonchev–Trinajstić information content (AvgIpc) is 3.19. The Bertz CT molecular complexity index is 679. The van der Waals surface area contributed by atoms with E-state index in [-0.39, 0.29) is 10.9 Å². The highest BCUT2D eigenvalue weighted by atomic mass is 32.3. The predicted octanol–water partition coefficient (Wildman–Crippen LogP) is 1.91. The lowest BCUT2D eigenvalue weighted by Gasteiger charge is -2.21. The second-order valence-corrected chi connectivity index (χ2v) is 7.99. The fourth-order valence-electron chi connectivity index (χ4n) is 1.99. The van der Waals surface area contributed by atoms with Gasteiger partial charge in [0.05, 0.1) is 9.79 Å². The molecule has 20 heavy (non-hydrogen) atoms. The first-order valence-corrected chi connectivity index (χ1v) is 9.15. The minimum Gasteiger partial charge on any atom is -0.207 e. The molecular formula is C12H16FNO4S2.